The highest BCUT2D eigenvalue weighted by Gasteiger charge is 2.29. The molecule has 0 unspecified atom stereocenters. The number of carbonyl (C=O) groups excluding carboxylic acids is 1. The van der Waals surface area contributed by atoms with Crippen LogP contribution in [-0.2, 0) is 21.4 Å². The minimum absolute atomic E-state index is 0.0540. The van der Waals surface area contributed by atoms with E-state index >= 15 is 0 Å². The molecular weight excluding hydrogens is 398 g/mol. The van der Waals surface area contributed by atoms with E-state index in [9.17, 15) is 18.0 Å². The number of carbonyl (C=O) groups is 1. The Kier molecular flexibility index (Phi) is 5.57. The van der Waals surface area contributed by atoms with Crippen LogP contribution in [0.1, 0.15) is 13.8 Å². The summed E-state index contributed by atoms with van der Waals surface area (Å²) in [6, 6.07) is 12.7. The van der Waals surface area contributed by atoms with Gasteiger partial charge in [-0.2, -0.15) is 0 Å². The lowest BCUT2D eigenvalue weighted by atomic mass is 10.2. The standard InChI is InChI=1S/C19H21N3O4S2/c1-4-21-16-11-10-14(12-17(16)27-19(21)24)20-18(23)13(2)22(28(3,25)26)15-8-6-5-7-9-15/h5-13H,4H2,1-3H3,(H,20,23)/t13-/m0/s1. The van der Waals surface area contributed by atoms with Crippen LogP contribution < -0.4 is 14.5 Å². The highest BCUT2D eigenvalue weighted by molar-refractivity contribution is 7.92. The van der Waals surface area contributed by atoms with E-state index in [-0.39, 0.29) is 4.87 Å². The largest absolute Gasteiger partial charge is 0.324 e. The normalized spacial score (nSPS) is 12.7. The van der Waals surface area contributed by atoms with Gasteiger partial charge in [0.1, 0.15) is 6.04 Å². The summed E-state index contributed by atoms with van der Waals surface area (Å²) in [7, 11) is -3.66. The number of thiazole rings is 1. The summed E-state index contributed by atoms with van der Waals surface area (Å²) in [4.78, 5) is 24.7. The van der Waals surface area contributed by atoms with Crippen LogP contribution in [-0.4, -0.2) is 31.2 Å². The first-order chi connectivity index (χ1) is 13.2. The lowest BCUT2D eigenvalue weighted by Crippen LogP contribution is -2.45. The van der Waals surface area contributed by atoms with Crippen molar-refractivity contribution < 1.29 is 13.2 Å². The number of amides is 1. The Morgan fingerprint density at radius 2 is 1.89 bits per heavy atom. The molecule has 1 atom stereocenters. The molecule has 0 aliphatic carbocycles. The van der Waals surface area contributed by atoms with Gasteiger partial charge < -0.3 is 5.32 Å². The average molecular weight is 420 g/mol. The van der Waals surface area contributed by atoms with Crippen molar-refractivity contribution in [3.8, 4) is 0 Å². The summed E-state index contributed by atoms with van der Waals surface area (Å²) in [6.07, 6.45) is 1.07. The fourth-order valence-electron chi connectivity index (χ4n) is 3.07. The molecule has 1 heterocycles. The maximum Gasteiger partial charge on any atom is 0.308 e. The lowest BCUT2D eigenvalue weighted by molar-refractivity contribution is -0.116. The van der Waals surface area contributed by atoms with Crippen LogP contribution in [0.5, 0.6) is 0 Å². The van der Waals surface area contributed by atoms with Gasteiger partial charge in [0.2, 0.25) is 15.9 Å². The number of aryl methyl sites for hydroxylation is 1. The van der Waals surface area contributed by atoms with Crippen molar-refractivity contribution in [1.82, 2.24) is 4.57 Å². The van der Waals surface area contributed by atoms with E-state index in [1.807, 2.05) is 6.92 Å². The molecule has 0 fully saturated rings. The molecule has 0 bridgehead atoms. The van der Waals surface area contributed by atoms with Crippen LogP contribution >= 0.6 is 11.3 Å². The molecule has 3 rings (SSSR count). The number of anilines is 2. The minimum Gasteiger partial charge on any atom is -0.324 e. The van der Waals surface area contributed by atoms with Gasteiger partial charge in [0, 0.05) is 12.2 Å². The van der Waals surface area contributed by atoms with Crippen LogP contribution in [0.15, 0.2) is 53.3 Å². The third-order valence-corrected chi connectivity index (χ3v) is 6.53. The van der Waals surface area contributed by atoms with Gasteiger partial charge in [0.05, 0.1) is 22.2 Å². The third kappa shape index (κ3) is 3.95. The molecule has 3 aromatic rings. The number of benzene rings is 2. The number of nitrogens with one attached hydrogen (secondary N) is 1. The van der Waals surface area contributed by atoms with Crippen molar-refractivity contribution in [2.45, 2.75) is 26.4 Å². The molecule has 0 saturated heterocycles. The fraction of sp³-hybridized carbons (Fsp3) is 0.263. The van der Waals surface area contributed by atoms with E-state index in [4.69, 9.17) is 0 Å². The molecule has 0 aliphatic rings. The molecule has 28 heavy (non-hydrogen) atoms. The van der Waals surface area contributed by atoms with Gasteiger partial charge in [-0.25, -0.2) is 8.42 Å². The van der Waals surface area contributed by atoms with E-state index in [2.05, 4.69) is 5.32 Å². The van der Waals surface area contributed by atoms with E-state index < -0.39 is 22.0 Å². The molecular formula is C19H21N3O4S2. The Labute approximate surface area is 167 Å². The first-order valence-corrected chi connectivity index (χ1v) is 11.4. The number of nitrogens with zero attached hydrogens (tertiary/aromatic N) is 2. The summed E-state index contributed by atoms with van der Waals surface area (Å²) >= 11 is 1.11. The summed E-state index contributed by atoms with van der Waals surface area (Å²) in [6.45, 7) is 4.00. The molecule has 148 valence electrons. The first kappa shape index (κ1) is 20.1. The van der Waals surface area contributed by atoms with E-state index in [1.165, 1.54) is 6.92 Å². The number of aromatic nitrogens is 1. The van der Waals surface area contributed by atoms with Crippen LogP contribution in [0.2, 0.25) is 0 Å². The van der Waals surface area contributed by atoms with Gasteiger partial charge in [0.25, 0.3) is 0 Å². The highest BCUT2D eigenvalue weighted by atomic mass is 32.2. The summed E-state index contributed by atoms with van der Waals surface area (Å²) in [5.41, 5.74) is 1.74. The van der Waals surface area contributed by atoms with Gasteiger partial charge in [-0.3, -0.25) is 18.5 Å². The Hall–Kier alpha value is -2.65. The predicted octanol–water partition coefficient (Wildman–Crippen LogP) is 2.88. The molecule has 7 nitrogen and oxygen atoms in total. The molecule has 0 saturated carbocycles. The quantitative estimate of drug-likeness (QED) is 0.665. The Morgan fingerprint density at radius 1 is 1.21 bits per heavy atom. The second-order valence-electron chi connectivity index (χ2n) is 6.35. The Morgan fingerprint density at radius 3 is 2.50 bits per heavy atom. The SMILES string of the molecule is CCn1c(=O)sc2cc(NC(=O)[C@H](C)N(c3ccccc3)S(C)(=O)=O)ccc21. The number of para-hydroxylation sites is 1. The van der Waals surface area contributed by atoms with Crippen molar-refractivity contribution in [2.24, 2.45) is 0 Å². The van der Waals surface area contributed by atoms with Crippen molar-refractivity contribution in [2.75, 3.05) is 15.9 Å². The van der Waals surface area contributed by atoms with Crippen molar-refractivity contribution in [1.29, 1.82) is 0 Å². The van der Waals surface area contributed by atoms with Crippen LogP contribution in [0.3, 0.4) is 0 Å². The second kappa shape index (κ2) is 7.76. The topological polar surface area (TPSA) is 88.5 Å². The molecule has 0 radical (unpaired) electrons. The summed E-state index contributed by atoms with van der Waals surface area (Å²) < 4.78 is 28.1. The van der Waals surface area contributed by atoms with Gasteiger partial charge in [0.15, 0.2) is 0 Å². The molecule has 0 spiro atoms. The maximum absolute atomic E-state index is 12.8. The second-order valence-corrected chi connectivity index (χ2v) is 9.21. The number of hydrogen-bond donors (Lipinski definition) is 1. The maximum atomic E-state index is 12.8. The van der Waals surface area contributed by atoms with E-state index in [1.54, 1.807) is 53.1 Å². The van der Waals surface area contributed by atoms with Gasteiger partial charge in [-0.05, 0) is 44.2 Å². The smallest absolute Gasteiger partial charge is 0.308 e. The lowest BCUT2D eigenvalue weighted by Gasteiger charge is -2.28. The van der Waals surface area contributed by atoms with Crippen LogP contribution in [0.4, 0.5) is 11.4 Å². The zero-order valence-electron chi connectivity index (χ0n) is 15.7. The van der Waals surface area contributed by atoms with Crippen LogP contribution in [0.25, 0.3) is 10.2 Å². The third-order valence-electron chi connectivity index (χ3n) is 4.35. The minimum atomic E-state index is -3.66. The predicted molar refractivity (Wildman–Crippen MR) is 114 cm³/mol. The van der Waals surface area contributed by atoms with Gasteiger partial charge >= 0.3 is 4.87 Å². The first-order valence-electron chi connectivity index (χ1n) is 8.71. The van der Waals surface area contributed by atoms with Crippen molar-refractivity contribution in [3.63, 3.8) is 0 Å². The number of rotatable bonds is 6. The molecule has 9 heteroatoms. The monoisotopic (exact) mass is 419 g/mol. The number of hydrogen-bond acceptors (Lipinski definition) is 5. The Bertz CT molecular complexity index is 1170. The van der Waals surface area contributed by atoms with E-state index in [0.717, 1.165) is 32.1 Å². The molecule has 0 aliphatic heterocycles. The van der Waals surface area contributed by atoms with Gasteiger partial charge in [-0.1, -0.05) is 29.5 Å². The highest BCUT2D eigenvalue weighted by Crippen LogP contribution is 2.24. The zero-order valence-corrected chi connectivity index (χ0v) is 17.4. The molecule has 1 aromatic heterocycles. The molecule has 2 aromatic carbocycles. The molecule has 1 amide bonds. The Balaban J connectivity index is 1.89. The van der Waals surface area contributed by atoms with Crippen LogP contribution in [0, 0.1) is 0 Å². The van der Waals surface area contributed by atoms with Crippen molar-refractivity contribution >= 4 is 48.9 Å². The fourth-order valence-corrected chi connectivity index (χ4v) is 5.24. The van der Waals surface area contributed by atoms with E-state index in [0.29, 0.717) is 17.9 Å². The average Bonchev–Trinajstić information content (AvgIpc) is 2.95. The molecule has 1 N–H and O–H groups in total. The zero-order chi connectivity index (χ0) is 20.5. The summed E-state index contributed by atoms with van der Waals surface area (Å²) in [5.74, 6) is -0.462. The summed E-state index contributed by atoms with van der Waals surface area (Å²) in [5, 5.41) is 2.75. The number of fused-ring (bicyclic) bond motifs is 1. The van der Waals surface area contributed by atoms with Crippen molar-refractivity contribution in [3.05, 3.63) is 58.2 Å². The van der Waals surface area contributed by atoms with Gasteiger partial charge in [-0.15, -0.1) is 0 Å². The number of sulfonamides is 1.